The topological polar surface area (TPSA) is 0 Å². The van der Waals surface area contributed by atoms with Gasteiger partial charge in [-0.25, -0.2) is 0 Å². The van der Waals surface area contributed by atoms with Crippen molar-refractivity contribution < 1.29 is 0 Å². The lowest BCUT2D eigenvalue weighted by Gasteiger charge is -2.36. The third kappa shape index (κ3) is 4.21. The zero-order chi connectivity index (χ0) is 18.6. The quantitative estimate of drug-likeness (QED) is 0.499. The molecule has 2 aliphatic carbocycles. The average Bonchev–Trinajstić information content (AvgIpc) is 2.74. The van der Waals surface area contributed by atoms with Crippen LogP contribution in [0.3, 0.4) is 0 Å². The first kappa shape index (κ1) is 18.5. The predicted molar refractivity (Wildman–Crippen MR) is 117 cm³/mol. The molecule has 1 fully saturated rings. The average molecular weight is 359 g/mol. The molecule has 27 heavy (non-hydrogen) atoms. The molecule has 0 N–H and O–H groups in total. The molecule has 1 unspecified atom stereocenters. The Labute approximate surface area is 165 Å². The van der Waals surface area contributed by atoms with Crippen molar-refractivity contribution in [3.63, 3.8) is 0 Å². The van der Waals surface area contributed by atoms with Crippen LogP contribution < -0.4 is 0 Å². The van der Waals surface area contributed by atoms with Gasteiger partial charge in [0.1, 0.15) is 0 Å². The van der Waals surface area contributed by atoms with Gasteiger partial charge in [-0.3, -0.25) is 0 Å². The summed E-state index contributed by atoms with van der Waals surface area (Å²) < 4.78 is 0. The Morgan fingerprint density at radius 1 is 0.815 bits per heavy atom. The monoisotopic (exact) mass is 358 g/mol. The summed E-state index contributed by atoms with van der Waals surface area (Å²) >= 11 is 0. The molecule has 0 radical (unpaired) electrons. The molecule has 0 nitrogen and oxygen atoms in total. The van der Waals surface area contributed by atoms with Crippen molar-refractivity contribution in [3.05, 3.63) is 71.3 Å². The fraction of sp³-hybridized carbons (Fsp3) is 0.481. The lowest BCUT2D eigenvalue weighted by atomic mass is 9.69. The first-order valence-electron chi connectivity index (χ1n) is 11.1. The number of benzene rings is 2. The summed E-state index contributed by atoms with van der Waals surface area (Å²) in [7, 11) is 0. The van der Waals surface area contributed by atoms with Crippen molar-refractivity contribution >= 4 is 0 Å². The number of hydrogen-bond acceptors (Lipinski definition) is 0. The Balaban J connectivity index is 1.43. The number of aryl methyl sites for hydroxylation is 2. The first-order chi connectivity index (χ1) is 13.3. The maximum absolute atomic E-state index is 2.47. The van der Waals surface area contributed by atoms with Crippen molar-refractivity contribution in [2.75, 3.05) is 0 Å². The summed E-state index contributed by atoms with van der Waals surface area (Å²) in [5, 5.41) is 0. The van der Waals surface area contributed by atoms with Gasteiger partial charge in [-0.1, -0.05) is 61.5 Å². The van der Waals surface area contributed by atoms with E-state index >= 15 is 0 Å². The standard InChI is InChI=1S/C27H34/c1-3-5-21-8-12-23(13-9-21)25-15-17-26-18-24(14-16-27(26)19-25)22-10-6-20(4-2)7-11-22/h3,5-7,10-11,14,16,18,21,23,25H,4,8-9,12-13,15,17,19H2,1-2H3/b5-3+. The largest absolute Gasteiger partial charge is 0.0914 e. The van der Waals surface area contributed by atoms with Gasteiger partial charge in [0.25, 0.3) is 0 Å². The van der Waals surface area contributed by atoms with Gasteiger partial charge in [0.15, 0.2) is 0 Å². The molecule has 0 aromatic heterocycles. The summed E-state index contributed by atoms with van der Waals surface area (Å²) in [6.45, 7) is 4.38. The summed E-state index contributed by atoms with van der Waals surface area (Å²) in [4.78, 5) is 0. The lowest BCUT2D eigenvalue weighted by molar-refractivity contribution is 0.206. The maximum Gasteiger partial charge on any atom is -0.0181 e. The van der Waals surface area contributed by atoms with E-state index in [1.54, 1.807) is 11.1 Å². The second-order valence-electron chi connectivity index (χ2n) is 8.74. The molecule has 0 spiro atoms. The van der Waals surface area contributed by atoms with E-state index in [0.29, 0.717) is 0 Å². The highest BCUT2D eigenvalue weighted by Gasteiger charge is 2.29. The minimum absolute atomic E-state index is 0.851. The van der Waals surface area contributed by atoms with Crippen LogP contribution in [-0.2, 0) is 19.3 Å². The molecule has 0 saturated heterocycles. The molecule has 142 valence electrons. The van der Waals surface area contributed by atoms with Gasteiger partial charge in [0.05, 0.1) is 0 Å². The third-order valence-electron chi connectivity index (χ3n) is 7.12. The normalized spacial score (nSPS) is 25.5. The van der Waals surface area contributed by atoms with Crippen LogP contribution in [0.2, 0.25) is 0 Å². The minimum Gasteiger partial charge on any atom is -0.0914 e. The van der Waals surface area contributed by atoms with E-state index in [4.69, 9.17) is 0 Å². The molecule has 1 atom stereocenters. The van der Waals surface area contributed by atoms with Crippen LogP contribution in [0.25, 0.3) is 11.1 Å². The van der Waals surface area contributed by atoms with Gasteiger partial charge in [0, 0.05) is 0 Å². The van der Waals surface area contributed by atoms with Crippen molar-refractivity contribution in [2.24, 2.45) is 17.8 Å². The Bertz CT molecular complexity index is 772. The second kappa shape index (κ2) is 8.46. The fourth-order valence-electron chi connectivity index (χ4n) is 5.38. The molecule has 4 rings (SSSR count). The molecule has 0 heterocycles. The van der Waals surface area contributed by atoms with E-state index in [0.717, 1.165) is 24.2 Å². The molecule has 0 bridgehead atoms. The zero-order valence-electron chi connectivity index (χ0n) is 17.1. The summed E-state index contributed by atoms with van der Waals surface area (Å²) in [6.07, 6.45) is 15.5. The summed E-state index contributed by atoms with van der Waals surface area (Å²) in [5.41, 5.74) is 7.39. The van der Waals surface area contributed by atoms with Gasteiger partial charge in [0.2, 0.25) is 0 Å². The van der Waals surface area contributed by atoms with Crippen LogP contribution in [0.4, 0.5) is 0 Å². The Morgan fingerprint density at radius 3 is 2.26 bits per heavy atom. The van der Waals surface area contributed by atoms with E-state index in [1.165, 1.54) is 61.6 Å². The molecule has 2 aromatic rings. The molecular weight excluding hydrogens is 324 g/mol. The SMILES string of the molecule is C/C=C/C1CCC(C2CCc3cc(-c4ccc(CC)cc4)ccc3C2)CC1. The number of hydrogen-bond donors (Lipinski definition) is 0. The molecule has 2 aromatic carbocycles. The number of allylic oxidation sites excluding steroid dienone is 2. The van der Waals surface area contributed by atoms with Crippen LogP contribution in [0.5, 0.6) is 0 Å². The van der Waals surface area contributed by atoms with Crippen LogP contribution in [0.1, 0.15) is 62.6 Å². The van der Waals surface area contributed by atoms with E-state index in [2.05, 4.69) is 68.5 Å². The predicted octanol–water partition coefficient (Wildman–Crippen LogP) is 7.40. The van der Waals surface area contributed by atoms with Crippen molar-refractivity contribution in [3.8, 4) is 11.1 Å². The molecule has 2 aliphatic rings. The first-order valence-corrected chi connectivity index (χ1v) is 11.1. The van der Waals surface area contributed by atoms with Gasteiger partial charge in [-0.05, 0) is 104 Å². The van der Waals surface area contributed by atoms with E-state index < -0.39 is 0 Å². The third-order valence-corrected chi connectivity index (χ3v) is 7.12. The van der Waals surface area contributed by atoms with Crippen molar-refractivity contribution in [2.45, 2.75) is 65.2 Å². The van der Waals surface area contributed by atoms with Crippen LogP contribution in [0.15, 0.2) is 54.6 Å². The highest BCUT2D eigenvalue weighted by Crippen LogP contribution is 2.40. The second-order valence-corrected chi connectivity index (χ2v) is 8.74. The van der Waals surface area contributed by atoms with Gasteiger partial charge < -0.3 is 0 Å². The Hall–Kier alpha value is -1.82. The van der Waals surface area contributed by atoms with E-state index in [-0.39, 0.29) is 0 Å². The highest BCUT2D eigenvalue weighted by atomic mass is 14.3. The summed E-state index contributed by atoms with van der Waals surface area (Å²) in [6, 6.07) is 16.4. The smallest absolute Gasteiger partial charge is 0.0181 e. The van der Waals surface area contributed by atoms with Crippen molar-refractivity contribution in [1.82, 2.24) is 0 Å². The number of rotatable bonds is 4. The van der Waals surface area contributed by atoms with Gasteiger partial charge in [-0.15, -0.1) is 0 Å². The van der Waals surface area contributed by atoms with E-state index in [9.17, 15) is 0 Å². The van der Waals surface area contributed by atoms with Gasteiger partial charge >= 0.3 is 0 Å². The fourth-order valence-corrected chi connectivity index (χ4v) is 5.38. The summed E-state index contributed by atoms with van der Waals surface area (Å²) in [5.74, 6) is 2.73. The van der Waals surface area contributed by atoms with Crippen molar-refractivity contribution in [1.29, 1.82) is 0 Å². The van der Waals surface area contributed by atoms with Gasteiger partial charge in [-0.2, -0.15) is 0 Å². The molecular formula is C27H34. The Morgan fingerprint density at radius 2 is 1.56 bits per heavy atom. The molecule has 0 amide bonds. The van der Waals surface area contributed by atoms with Crippen LogP contribution in [-0.4, -0.2) is 0 Å². The number of fused-ring (bicyclic) bond motifs is 1. The highest BCUT2D eigenvalue weighted by molar-refractivity contribution is 5.65. The maximum atomic E-state index is 2.47. The molecule has 0 aliphatic heterocycles. The Kier molecular flexibility index (Phi) is 5.81. The minimum atomic E-state index is 0.851. The van der Waals surface area contributed by atoms with Crippen LogP contribution >= 0.6 is 0 Å². The van der Waals surface area contributed by atoms with E-state index in [1.807, 2.05) is 0 Å². The molecule has 1 saturated carbocycles. The molecule has 0 heteroatoms. The zero-order valence-corrected chi connectivity index (χ0v) is 17.1. The lowest BCUT2D eigenvalue weighted by Crippen LogP contribution is -2.26. The van der Waals surface area contributed by atoms with Crippen LogP contribution in [0, 0.1) is 17.8 Å².